The van der Waals surface area contributed by atoms with E-state index >= 15 is 0 Å². The molecule has 0 saturated carbocycles. The Hall–Kier alpha value is -5.36. The molecule has 5 heteroatoms. The van der Waals surface area contributed by atoms with Gasteiger partial charge in [0.15, 0.2) is 0 Å². The smallest absolute Gasteiger partial charge is 0.235 e. The molecule has 3 nitrogen and oxygen atoms in total. The summed E-state index contributed by atoms with van der Waals surface area (Å²) < 4.78 is 7.34. The Morgan fingerprint density at radius 3 is 1.31 bits per heavy atom. The van der Waals surface area contributed by atoms with Crippen molar-refractivity contribution in [2.75, 3.05) is 0 Å². The third kappa shape index (κ3) is 3.81. The molecular formula is C40H23N3S2. The van der Waals surface area contributed by atoms with Crippen LogP contribution in [0.5, 0.6) is 0 Å². The fourth-order valence-electron chi connectivity index (χ4n) is 6.74. The van der Waals surface area contributed by atoms with Crippen molar-refractivity contribution in [1.29, 1.82) is 0 Å². The Morgan fingerprint density at radius 1 is 0.378 bits per heavy atom. The van der Waals surface area contributed by atoms with Gasteiger partial charge in [-0.3, -0.25) is 4.57 Å². The van der Waals surface area contributed by atoms with Crippen LogP contribution in [0.1, 0.15) is 0 Å². The lowest BCUT2D eigenvalue weighted by molar-refractivity contribution is 0.996. The molecule has 0 unspecified atom stereocenters. The molecule has 0 fully saturated rings. The maximum absolute atomic E-state index is 5.29. The van der Waals surface area contributed by atoms with Gasteiger partial charge in [-0.2, -0.15) is 0 Å². The molecule has 45 heavy (non-hydrogen) atoms. The quantitative estimate of drug-likeness (QED) is 0.199. The summed E-state index contributed by atoms with van der Waals surface area (Å²) in [6, 6.07) is 50.0. The number of nitrogens with zero attached hydrogens (tertiary/aromatic N) is 3. The minimum absolute atomic E-state index is 0.674. The van der Waals surface area contributed by atoms with E-state index in [4.69, 9.17) is 9.97 Å². The summed E-state index contributed by atoms with van der Waals surface area (Å²) in [5.41, 5.74) is 6.19. The highest BCUT2D eigenvalue weighted by atomic mass is 32.1. The van der Waals surface area contributed by atoms with Gasteiger partial charge in [-0.15, -0.1) is 22.7 Å². The molecule has 4 aromatic heterocycles. The van der Waals surface area contributed by atoms with E-state index in [1.54, 1.807) is 0 Å². The van der Waals surface area contributed by atoms with Crippen LogP contribution in [0.2, 0.25) is 0 Å². The van der Waals surface area contributed by atoms with E-state index in [0.717, 1.165) is 33.5 Å². The number of hydrogen-bond donors (Lipinski definition) is 0. The van der Waals surface area contributed by atoms with Gasteiger partial charge in [0.25, 0.3) is 0 Å². The molecular weight excluding hydrogens is 587 g/mol. The lowest BCUT2D eigenvalue weighted by atomic mass is 10.0. The highest BCUT2D eigenvalue weighted by molar-refractivity contribution is 7.26. The van der Waals surface area contributed by atoms with Gasteiger partial charge in [-0.05, 0) is 42.5 Å². The number of benzene rings is 6. The first-order valence-electron chi connectivity index (χ1n) is 15.0. The van der Waals surface area contributed by atoms with Crippen molar-refractivity contribution in [2.45, 2.75) is 0 Å². The highest BCUT2D eigenvalue weighted by Gasteiger charge is 2.18. The number of rotatable bonds is 3. The van der Waals surface area contributed by atoms with Gasteiger partial charge in [0.1, 0.15) is 0 Å². The zero-order valence-corrected chi connectivity index (χ0v) is 25.6. The molecule has 0 aliphatic rings. The molecule has 0 aliphatic heterocycles. The van der Waals surface area contributed by atoms with Crippen LogP contribution in [0.3, 0.4) is 0 Å². The molecule has 0 atom stereocenters. The van der Waals surface area contributed by atoms with Crippen LogP contribution in [0.25, 0.3) is 90.6 Å². The van der Waals surface area contributed by atoms with Crippen LogP contribution < -0.4 is 0 Å². The normalized spacial score (nSPS) is 12.0. The molecule has 6 aromatic carbocycles. The highest BCUT2D eigenvalue weighted by Crippen LogP contribution is 2.39. The van der Waals surface area contributed by atoms with Crippen LogP contribution >= 0.6 is 22.7 Å². The van der Waals surface area contributed by atoms with Crippen LogP contribution in [0.4, 0.5) is 0 Å². The average molecular weight is 610 g/mol. The maximum atomic E-state index is 5.29. The molecule has 10 rings (SSSR count). The molecule has 0 bridgehead atoms. The van der Waals surface area contributed by atoms with E-state index in [1.165, 1.54) is 51.1 Å². The molecule has 0 spiro atoms. The second-order valence-electron chi connectivity index (χ2n) is 11.4. The van der Waals surface area contributed by atoms with Crippen molar-refractivity contribution in [3.05, 3.63) is 140 Å². The lowest BCUT2D eigenvalue weighted by Crippen LogP contribution is -2.03. The van der Waals surface area contributed by atoms with Crippen LogP contribution in [0.15, 0.2) is 140 Å². The SMILES string of the molecule is c1ccc2c(c1)sc1cc(-c3cc(-c4ccc5c(c4)sc4ccccc45)nc(-n4c5ccccc5c5ccccc54)n3)ccc12. The van der Waals surface area contributed by atoms with Crippen molar-refractivity contribution in [2.24, 2.45) is 0 Å². The van der Waals surface area contributed by atoms with Gasteiger partial charge in [0.2, 0.25) is 5.95 Å². The predicted molar refractivity (Wildman–Crippen MR) is 193 cm³/mol. The summed E-state index contributed by atoms with van der Waals surface area (Å²) in [7, 11) is 0. The van der Waals surface area contributed by atoms with E-state index in [1.807, 2.05) is 22.7 Å². The molecule has 0 aliphatic carbocycles. The number of para-hydroxylation sites is 2. The zero-order valence-electron chi connectivity index (χ0n) is 23.9. The standard InChI is InChI=1S/C40H23N3S2/c1-5-13-34-26(9-1)27-10-2-6-14-35(27)43(34)40-41-32(24-17-19-30-28-11-3-7-15-36(28)44-38(30)21-24)23-33(42-40)25-18-20-31-29-12-4-8-16-37(29)45-39(31)22-25/h1-23H. The fourth-order valence-corrected chi connectivity index (χ4v) is 9.03. The molecule has 0 N–H and O–H groups in total. The van der Waals surface area contributed by atoms with E-state index in [0.29, 0.717) is 5.95 Å². The minimum atomic E-state index is 0.674. The number of hydrogen-bond acceptors (Lipinski definition) is 4. The molecule has 210 valence electrons. The lowest BCUT2D eigenvalue weighted by Gasteiger charge is -2.12. The molecule has 0 amide bonds. The van der Waals surface area contributed by atoms with Crippen molar-refractivity contribution >= 4 is 84.8 Å². The van der Waals surface area contributed by atoms with E-state index in [-0.39, 0.29) is 0 Å². The van der Waals surface area contributed by atoms with Crippen LogP contribution in [0, 0.1) is 0 Å². The largest absolute Gasteiger partial charge is 0.278 e. The maximum Gasteiger partial charge on any atom is 0.235 e. The van der Waals surface area contributed by atoms with Crippen LogP contribution in [-0.4, -0.2) is 14.5 Å². The van der Waals surface area contributed by atoms with E-state index < -0.39 is 0 Å². The zero-order chi connectivity index (χ0) is 29.5. The summed E-state index contributed by atoms with van der Waals surface area (Å²) in [4.78, 5) is 10.6. The monoisotopic (exact) mass is 609 g/mol. The fraction of sp³-hybridized carbons (Fsp3) is 0. The Bertz CT molecular complexity index is 2600. The number of thiophene rings is 2. The van der Waals surface area contributed by atoms with E-state index in [2.05, 4.69) is 144 Å². The average Bonchev–Trinajstić information content (AvgIpc) is 3.77. The van der Waals surface area contributed by atoms with Gasteiger partial charge in [-0.1, -0.05) is 97.1 Å². The molecule has 0 saturated heterocycles. The second kappa shape index (κ2) is 9.57. The first-order chi connectivity index (χ1) is 22.3. The summed E-state index contributed by atoms with van der Waals surface area (Å²) in [5, 5.41) is 7.56. The Morgan fingerprint density at radius 2 is 0.800 bits per heavy atom. The Kier molecular flexibility index (Phi) is 5.32. The summed E-state index contributed by atoms with van der Waals surface area (Å²) in [6.07, 6.45) is 0. The van der Waals surface area contributed by atoms with Crippen molar-refractivity contribution in [1.82, 2.24) is 14.5 Å². The third-order valence-corrected chi connectivity index (χ3v) is 11.1. The van der Waals surface area contributed by atoms with Gasteiger partial charge in [-0.25, -0.2) is 9.97 Å². The minimum Gasteiger partial charge on any atom is -0.278 e. The van der Waals surface area contributed by atoms with Crippen molar-refractivity contribution in [3.8, 4) is 28.5 Å². The van der Waals surface area contributed by atoms with Gasteiger partial charge < -0.3 is 0 Å². The van der Waals surface area contributed by atoms with Crippen molar-refractivity contribution < 1.29 is 0 Å². The van der Waals surface area contributed by atoms with Gasteiger partial charge in [0, 0.05) is 62.2 Å². The van der Waals surface area contributed by atoms with Gasteiger partial charge in [0.05, 0.1) is 22.4 Å². The topological polar surface area (TPSA) is 30.7 Å². The van der Waals surface area contributed by atoms with Crippen LogP contribution in [-0.2, 0) is 0 Å². The predicted octanol–water partition coefficient (Wildman–Crippen LogP) is 11.6. The first-order valence-corrected chi connectivity index (χ1v) is 16.6. The van der Waals surface area contributed by atoms with E-state index in [9.17, 15) is 0 Å². The molecule has 0 radical (unpaired) electrons. The Balaban J connectivity index is 1.24. The Labute approximate surface area is 266 Å². The number of fused-ring (bicyclic) bond motifs is 9. The summed E-state index contributed by atoms with van der Waals surface area (Å²) in [6.45, 7) is 0. The summed E-state index contributed by atoms with van der Waals surface area (Å²) in [5.74, 6) is 0.674. The first kappa shape index (κ1) is 25.0. The molecule has 10 aromatic rings. The number of aromatic nitrogens is 3. The summed E-state index contributed by atoms with van der Waals surface area (Å²) >= 11 is 3.67. The second-order valence-corrected chi connectivity index (χ2v) is 13.6. The molecule has 4 heterocycles. The van der Waals surface area contributed by atoms with Crippen molar-refractivity contribution in [3.63, 3.8) is 0 Å². The third-order valence-electron chi connectivity index (χ3n) is 8.84. The van der Waals surface area contributed by atoms with Gasteiger partial charge >= 0.3 is 0 Å².